The predicted molar refractivity (Wildman–Crippen MR) is 148 cm³/mol. The van der Waals surface area contributed by atoms with Crippen LogP contribution in [-0.2, 0) is 4.74 Å². The number of ketones is 1. The number of carbonyl (C=O) groups is 5. The Kier molecular flexibility index (Phi) is 8.41. The first-order valence-corrected chi connectivity index (χ1v) is 12.8. The second kappa shape index (κ2) is 12.0. The molecule has 2 unspecified atom stereocenters. The van der Waals surface area contributed by atoms with Crippen LogP contribution < -0.4 is 10.6 Å². The van der Waals surface area contributed by atoms with Gasteiger partial charge < -0.3 is 45.8 Å². The number of hydrogen-bond donors (Lipinski definition) is 7. The summed E-state index contributed by atoms with van der Waals surface area (Å²) in [6.07, 6.45) is -1.06. The van der Waals surface area contributed by atoms with Crippen molar-refractivity contribution in [3.8, 4) is 23.0 Å². The number of esters is 1. The van der Waals surface area contributed by atoms with Gasteiger partial charge in [-0.1, -0.05) is 0 Å². The summed E-state index contributed by atoms with van der Waals surface area (Å²) in [5.74, 6) is -6.43. The van der Waals surface area contributed by atoms with Crippen LogP contribution in [0.1, 0.15) is 52.6 Å². The molecule has 3 aromatic carbocycles. The molecule has 0 aliphatic carbocycles. The lowest BCUT2D eigenvalue weighted by Gasteiger charge is -2.20. The zero-order valence-electron chi connectivity index (χ0n) is 22.8. The predicted octanol–water partition coefficient (Wildman–Crippen LogP) is 1.73. The molecule has 1 aliphatic rings. The number of urea groups is 1. The van der Waals surface area contributed by atoms with Gasteiger partial charge in [-0.3, -0.25) is 9.59 Å². The molecule has 4 rings (SSSR count). The Hall–Kier alpha value is -5.79. The molecule has 14 nitrogen and oxygen atoms in total. The SMILES string of the molecule is CNC(=O)N1CC(NC(=O)c2ccc(O)cc2)C(OC(=O)c2cc(O)c(C(=O)c3c(O)ccc(C(=O)O)c3C)c(O)c2)C1. The van der Waals surface area contributed by atoms with E-state index in [1.54, 1.807) is 0 Å². The highest BCUT2D eigenvalue weighted by Gasteiger charge is 2.39. The Morgan fingerprint density at radius 3 is 2.05 bits per heavy atom. The minimum absolute atomic E-state index is 0.0242. The van der Waals surface area contributed by atoms with Crippen molar-refractivity contribution in [1.82, 2.24) is 15.5 Å². The lowest BCUT2D eigenvalue weighted by Crippen LogP contribution is -2.45. The lowest BCUT2D eigenvalue weighted by atomic mass is 9.93. The Morgan fingerprint density at radius 1 is 0.837 bits per heavy atom. The molecule has 1 fully saturated rings. The minimum Gasteiger partial charge on any atom is -0.508 e. The van der Waals surface area contributed by atoms with Crippen molar-refractivity contribution in [2.75, 3.05) is 20.1 Å². The van der Waals surface area contributed by atoms with Gasteiger partial charge in [0.25, 0.3) is 5.91 Å². The summed E-state index contributed by atoms with van der Waals surface area (Å²) < 4.78 is 5.54. The summed E-state index contributed by atoms with van der Waals surface area (Å²) in [7, 11) is 1.40. The number of ether oxygens (including phenoxy) is 1. The highest BCUT2D eigenvalue weighted by molar-refractivity contribution is 6.16. The number of aromatic hydroxyl groups is 4. The van der Waals surface area contributed by atoms with Crippen molar-refractivity contribution in [3.05, 3.63) is 81.9 Å². The van der Waals surface area contributed by atoms with Crippen molar-refractivity contribution < 1.29 is 54.2 Å². The van der Waals surface area contributed by atoms with Crippen molar-refractivity contribution >= 4 is 29.7 Å². The summed E-state index contributed by atoms with van der Waals surface area (Å²) in [6.45, 7) is 1.14. The molecule has 2 atom stereocenters. The lowest BCUT2D eigenvalue weighted by molar-refractivity contribution is 0.0270. The van der Waals surface area contributed by atoms with Crippen molar-refractivity contribution in [1.29, 1.82) is 0 Å². The van der Waals surface area contributed by atoms with Gasteiger partial charge in [0.2, 0.25) is 5.78 Å². The standard InChI is InChI=1S/C29H27N3O11/c1-13-17(27(39)40)7-8-19(34)23(13)25(37)24-20(35)9-15(10-21(24)36)28(41)43-22-12-32(29(42)30-2)11-18(22)31-26(38)14-3-5-16(33)6-4-14/h3-10,18,22,33-36H,11-12H2,1-2H3,(H,30,42)(H,31,38)(H,39,40). The number of hydrogen-bond acceptors (Lipinski definition) is 10. The van der Waals surface area contributed by atoms with E-state index < -0.39 is 70.2 Å². The van der Waals surface area contributed by atoms with Crippen LogP contribution in [0.4, 0.5) is 4.79 Å². The Labute approximate surface area is 243 Å². The number of amides is 3. The molecular formula is C29H27N3O11. The largest absolute Gasteiger partial charge is 0.508 e. The van der Waals surface area contributed by atoms with E-state index in [1.807, 2.05) is 0 Å². The van der Waals surface area contributed by atoms with Gasteiger partial charge in [-0.2, -0.15) is 0 Å². The number of phenols is 4. The van der Waals surface area contributed by atoms with Crippen LogP contribution in [0.5, 0.6) is 23.0 Å². The molecule has 0 saturated carbocycles. The summed E-state index contributed by atoms with van der Waals surface area (Å²) in [4.78, 5) is 64.1. The molecule has 0 bridgehead atoms. The summed E-state index contributed by atoms with van der Waals surface area (Å²) in [6, 6.07) is 7.81. The average Bonchev–Trinajstić information content (AvgIpc) is 3.34. The topological polar surface area (TPSA) is 223 Å². The highest BCUT2D eigenvalue weighted by Crippen LogP contribution is 2.35. The van der Waals surface area contributed by atoms with Gasteiger partial charge in [-0.15, -0.1) is 0 Å². The van der Waals surface area contributed by atoms with Crippen LogP contribution in [0.15, 0.2) is 48.5 Å². The zero-order valence-corrected chi connectivity index (χ0v) is 22.8. The molecule has 1 aliphatic heterocycles. The maximum absolute atomic E-state index is 13.2. The molecular weight excluding hydrogens is 566 g/mol. The van der Waals surface area contributed by atoms with E-state index in [1.165, 1.54) is 43.1 Å². The van der Waals surface area contributed by atoms with Crippen molar-refractivity contribution in [2.24, 2.45) is 0 Å². The monoisotopic (exact) mass is 593 g/mol. The summed E-state index contributed by atoms with van der Waals surface area (Å²) in [5, 5.41) is 55.4. The Bertz CT molecular complexity index is 1610. The number of carboxylic acids is 1. The Morgan fingerprint density at radius 2 is 1.47 bits per heavy atom. The molecule has 0 radical (unpaired) electrons. The van der Waals surface area contributed by atoms with Gasteiger partial charge in [0.1, 0.15) is 34.7 Å². The number of nitrogens with one attached hydrogen (secondary N) is 2. The minimum atomic E-state index is -1.36. The highest BCUT2D eigenvalue weighted by atomic mass is 16.5. The summed E-state index contributed by atoms with van der Waals surface area (Å²) in [5.41, 5.74) is -1.73. The number of phenolic OH excluding ortho intramolecular Hbond substituents is 4. The zero-order chi connectivity index (χ0) is 31.6. The number of benzene rings is 3. The quantitative estimate of drug-likeness (QED) is 0.154. The number of carbonyl (C=O) groups excluding carboxylic acids is 4. The van der Waals surface area contributed by atoms with Crippen LogP contribution in [0.2, 0.25) is 0 Å². The van der Waals surface area contributed by atoms with E-state index in [0.29, 0.717) is 0 Å². The van der Waals surface area contributed by atoms with Crippen LogP contribution in [0.3, 0.4) is 0 Å². The fourth-order valence-electron chi connectivity index (χ4n) is 4.73. The molecule has 1 saturated heterocycles. The molecule has 14 heteroatoms. The number of rotatable bonds is 7. The van der Waals surface area contributed by atoms with Crippen LogP contribution >= 0.6 is 0 Å². The van der Waals surface area contributed by atoms with E-state index in [-0.39, 0.29) is 41.1 Å². The smallest absolute Gasteiger partial charge is 0.338 e. The number of aromatic carboxylic acids is 1. The van der Waals surface area contributed by atoms with Gasteiger partial charge in [-0.25, -0.2) is 14.4 Å². The van der Waals surface area contributed by atoms with Gasteiger partial charge >= 0.3 is 18.0 Å². The maximum Gasteiger partial charge on any atom is 0.338 e. The first-order valence-electron chi connectivity index (χ1n) is 12.8. The number of likely N-dealkylation sites (tertiary alicyclic amines) is 1. The molecule has 0 spiro atoms. The number of carboxylic acid groups (broad SMARTS) is 1. The van der Waals surface area contributed by atoms with E-state index in [9.17, 15) is 49.5 Å². The first kappa shape index (κ1) is 30.2. The van der Waals surface area contributed by atoms with E-state index >= 15 is 0 Å². The third kappa shape index (κ3) is 6.12. The second-order valence-electron chi connectivity index (χ2n) is 9.69. The molecule has 1 heterocycles. The summed E-state index contributed by atoms with van der Waals surface area (Å²) >= 11 is 0. The van der Waals surface area contributed by atoms with E-state index in [2.05, 4.69) is 10.6 Å². The van der Waals surface area contributed by atoms with Crippen molar-refractivity contribution in [2.45, 2.75) is 19.1 Å². The molecule has 0 aromatic heterocycles. The fraction of sp³-hybridized carbons (Fsp3) is 0.207. The Balaban J connectivity index is 1.58. The first-order chi connectivity index (χ1) is 20.3. The molecule has 3 amide bonds. The molecule has 43 heavy (non-hydrogen) atoms. The van der Waals surface area contributed by atoms with Gasteiger partial charge in [-0.05, 0) is 61.0 Å². The maximum atomic E-state index is 13.2. The second-order valence-corrected chi connectivity index (χ2v) is 9.69. The van der Waals surface area contributed by atoms with E-state index in [4.69, 9.17) is 4.74 Å². The molecule has 7 N–H and O–H groups in total. The third-order valence-electron chi connectivity index (χ3n) is 6.93. The molecule has 3 aromatic rings. The average molecular weight is 594 g/mol. The van der Waals surface area contributed by atoms with Crippen LogP contribution in [0.25, 0.3) is 0 Å². The van der Waals surface area contributed by atoms with Gasteiger partial charge in [0, 0.05) is 19.2 Å². The van der Waals surface area contributed by atoms with Crippen molar-refractivity contribution in [3.63, 3.8) is 0 Å². The third-order valence-corrected chi connectivity index (χ3v) is 6.93. The van der Waals surface area contributed by atoms with Gasteiger partial charge in [0.15, 0.2) is 0 Å². The molecule has 224 valence electrons. The van der Waals surface area contributed by atoms with Crippen LogP contribution in [0, 0.1) is 6.92 Å². The van der Waals surface area contributed by atoms with Crippen LogP contribution in [-0.4, -0.2) is 92.4 Å². The van der Waals surface area contributed by atoms with E-state index in [0.717, 1.165) is 24.3 Å². The fourth-order valence-corrected chi connectivity index (χ4v) is 4.73. The number of nitrogens with zero attached hydrogens (tertiary/aromatic N) is 1. The van der Waals surface area contributed by atoms with Gasteiger partial charge in [0.05, 0.1) is 29.3 Å². The normalized spacial score (nSPS) is 15.9.